The van der Waals surface area contributed by atoms with E-state index in [2.05, 4.69) is 27.3 Å². The summed E-state index contributed by atoms with van der Waals surface area (Å²) < 4.78 is 5.21. The van der Waals surface area contributed by atoms with Gasteiger partial charge in [0.1, 0.15) is 12.3 Å². The number of hydrogen-bond acceptors (Lipinski definition) is 3. The molecule has 6 nitrogen and oxygen atoms in total. The Hall–Kier alpha value is -2.24. The third kappa shape index (κ3) is 4.93. The molecule has 3 rings (SSSR count). The lowest BCUT2D eigenvalue weighted by Gasteiger charge is -2.38. The Bertz CT molecular complexity index is 665. The Morgan fingerprint density at radius 3 is 2.56 bits per heavy atom. The summed E-state index contributed by atoms with van der Waals surface area (Å²) >= 11 is 0. The lowest BCUT2D eigenvalue weighted by atomic mass is 9.68. The molecule has 0 unspecified atom stereocenters. The Morgan fingerprint density at radius 2 is 2.00 bits per heavy atom. The smallest absolute Gasteiger partial charge is 0.243 e. The quantitative estimate of drug-likeness (QED) is 0.614. The van der Waals surface area contributed by atoms with Crippen molar-refractivity contribution in [2.75, 3.05) is 47.4 Å². The molecule has 6 heteroatoms. The van der Waals surface area contributed by atoms with Crippen LogP contribution in [0.2, 0.25) is 0 Å². The van der Waals surface area contributed by atoms with Gasteiger partial charge in [0.25, 0.3) is 0 Å². The number of nitrogens with zero attached hydrogens (tertiary/aromatic N) is 3. The van der Waals surface area contributed by atoms with Crippen molar-refractivity contribution in [3.63, 3.8) is 0 Å². The van der Waals surface area contributed by atoms with Gasteiger partial charge < -0.3 is 19.9 Å². The average Bonchev–Trinajstić information content (AvgIpc) is 3.10. The number of carbonyl (C=O) groups is 1. The van der Waals surface area contributed by atoms with Gasteiger partial charge in [0, 0.05) is 33.7 Å². The van der Waals surface area contributed by atoms with Crippen LogP contribution in [-0.4, -0.2) is 69.1 Å². The van der Waals surface area contributed by atoms with E-state index in [1.807, 2.05) is 12.1 Å². The van der Waals surface area contributed by atoms with Gasteiger partial charge in [-0.25, -0.2) is 4.99 Å². The molecular formula is C21H32N4O2. The number of benzene rings is 1. The lowest BCUT2D eigenvalue weighted by molar-refractivity contribution is -0.127. The van der Waals surface area contributed by atoms with Crippen molar-refractivity contribution in [2.24, 2.45) is 10.4 Å². The largest absolute Gasteiger partial charge is 0.497 e. The minimum atomic E-state index is 0.0296. The minimum Gasteiger partial charge on any atom is -0.497 e. The first-order valence-corrected chi connectivity index (χ1v) is 9.88. The van der Waals surface area contributed by atoms with Gasteiger partial charge in [0.2, 0.25) is 5.91 Å². The Balaban J connectivity index is 1.58. The van der Waals surface area contributed by atoms with Crippen LogP contribution >= 0.6 is 0 Å². The fraction of sp³-hybridized carbons (Fsp3) is 0.619. The van der Waals surface area contributed by atoms with Gasteiger partial charge in [0.15, 0.2) is 5.96 Å². The van der Waals surface area contributed by atoms with Crippen LogP contribution in [0.15, 0.2) is 29.3 Å². The van der Waals surface area contributed by atoms with Crippen molar-refractivity contribution in [3.8, 4) is 5.75 Å². The number of guanidine groups is 1. The molecule has 1 saturated heterocycles. The predicted molar refractivity (Wildman–Crippen MR) is 108 cm³/mol. The molecule has 1 aliphatic heterocycles. The first kappa shape index (κ1) is 19.5. The second-order valence-corrected chi connectivity index (χ2v) is 7.98. The molecular weight excluding hydrogens is 340 g/mol. The molecule has 2 fully saturated rings. The van der Waals surface area contributed by atoms with Crippen LogP contribution in [-0.2, 0) is 11.2 Å². The van der Waals surface area contributed by atoms with Crippen LogP contribution in [0.5, 0.6) is 5.75 Å². The van der Waals surface area contributed by atoms with E-state index in [0.717, 1.165) is 37.8 Å². The van der Waals surface area contributed by atoms with Gasteiger partial charge in [-0.1, -0.05) is 18.6 Å². The summed E-state index contributed by atoms with van der Waals surface area (Å²) in [6.45, 7) is 3.09. The van der Waals surface area contributed by atoms with E-state index in [4.69, 9.17) is 4.74 Å². The van der Waals surface area contributed by atoms with Gasteiger partial charge >= 0.3 is 0 Å². The highest BCUT2D eigenvalue weighted by molar-refractivity contribution is 5.85. The minimum absolute atomic E-state index is 0.0296. The SMILES string of the molecule is COc1ccc(CCNC(=NCC(=O)N(C)C)N2CCC3(CCC3)C2)cc1. The summed E-state index contributed by atoms with van der Waals surface area (Å²) in [6, 6.07) is 8.15. The normalized spacial score (nSPS) is 18.3. The van der Waals surface area contributed by atoms with Crippen molar-refractivity contribution in [3.05, 3.63) is 29.8 Å². The van der Waals surface area contributed by atoms with Crippen LogP contribution < -0.4 is 10.1 Å². The van der Waals surface area contributed by atoms with Crippen molar-refractivity contribution < 1.29 is 9.53 Å². The summed E-state index contributed by atoms with van der Waals surface area (Å²) in [5, 5.41) is 3.49. The fourth-order valence-corrected chi connectivity index (χ4v) is 3.86. The summed E-state index contributed by atoms with van der Waals surface area (Å²) in [5.41, 5.74) is 1.76. The van der Waals surface area contributed by atoms with Gasteiger partial charge in [-0.05, 0) is 48.8 Å². The zero-order chi connectivity index (χ0) is 19.3. The maximum atomic E-state index is 12.0. The monoisotopic (exact) mass is 372 g/mol. The number of amides is 1. The number of nitrogens with one attached hydrogen (secondary N) is 1. The van der Waals surface area contributed by atoms with E-state index in [0.29, 0.717) is 5.41 Å². The Kier molecular flexibility index (Phi) is 6.24. The zero-order valence-electron chi connectivity index (χ0n) is 16.8. The molecule has 27 heavy (non-hydrogen) atoms. The predicted octanol–water partition coefficient (Wildman–Crippen LogP) is 2.15. The summed E-state index contributed by atoms with van der Waals surface area (Å²) in [6.07, 6.45) is 6.17. The number of likely N-dealkylation sites (tertiary alicyclic amines) is 1. The average molecular weight is 373 g/mol. The number of rotatable bonds is 6. The van der Waals surface area contributed by atoms with Crippen LogP contribution in [0, 0.1) is 5.41 Å². The van der Waals surface area contributed by atoms with E-state index in [1.165, 1.54) is 31.2 Å². The summed E-state index contributed by atoms with van der Waals surface area (Å²) in [5.74, 6) is 1.78. The van der Waals surface area contributed by atoms with Crippen molar-refractivity contribution in [1.82, 2.24) is 15.1 Å². The second-order valence-electron chi connectivity index (χ2n) is 7.98. The molecule has 1 N–H and O–H groups in total. The highest BCUT2D eigenvalue weighted by Gasteiger charge is 2.43. The summed E-state index contributed by atoms with van der Waals surface area (Å²) in [7, 11) is 5.22. The Morgan fingerprint density at radius 1 is 1.26 bits per heavy atom. The van der Waals surface area contributed by atoms with Gasteiger partial charge in [-0.2, -0.15) is 0 Å². The molecule has 1 spiro atoms. The number of hydrogen-bond donors (Lipinski definition) is 1. The van der Waals surface area contributed by atoms with Crippen molar-refractivity contribution in [1.29, 1.82) is 0 Å². The van der Waals surface area contributed by atoms with Crippen molar-refractivity contribution >= 4 is 11.9 Å². The molecule has 1 aromatic rings. The van der Waals surface area contributed by atoms with E-state index >= 15 is 0 Å². The third-order valence-corrected chi connectivity index (χ3v) is 5.87. The maximum absolute atomic E-state index is 12.0. The zero-order valence-corrected chi connectivity index (χ0v) is 16.8. The third-order valence-electron chi connectivity index (χ3n) is 5.87. The first-order valence-electron chi connectivity index (χ1n) is 9.88. The molecule has 0 atom stereocenters. The molecule has 2 aliphatic rings. The maximum Gasteiger partial charge on any atom is 0.243 e. The van der Waals surface area contributed by atoms with E-state index in [1.54, 1.807) is 26.1 Å². The molecule has 1 saturated carbocycles. The molecule has 1 heterocycles. The van der Waals surface area contributed by atoms with Gasteiger partial charge in [-0.3, -0.25) is 4.79 Å². The van der Waals surface area contributed by atoms with Crippen molar-refractivity contribution in [2.45, 2.75) is 32.1 Å². The standard InChI is InChI=1S/C21H32N4O2/c1-24(2)19(26)15-23-20(25-14-12-21(16-25)10-4-11-21)22-13-9-17-5-7-18(27-3)8-6-17/h5-8H,4,9-16H2,1-3H3,(H,22,23). The van der Waals surface area contributed by atoms with Gasteiger partial charge in [0.05, 0.1) is 7.11 Å². The Labute approximate surface area is 162 Å². The van der Waals surface area contributed by atoms with E-state index in [-0.39, 0.29) is 12.5 Å². The molecule has 0 aromatic heterocycles. The highest BCUT2D eigenvalue weighted by atomic mass is 16.5. The lowest BCUT2D eigenvalue weighted by Crippen LogP contribution is -2.43. The fourth-order valence-electron chi connectivity index (χ4n) is 3.86. The van der Waals surface area contributed by atoms with E-state index in [9.17, 15) is 4.79 Å². The highest BCUT2D eigenvalue weighted by Crippen LogP contribution is 2.47. The topological polar surface area (TPSA) is 57.2 Å². The van der Waals surface area contributed by atoms with Crippen LogP contribution in [0.3, 0.4) is 0 Å². The molecule has 1 aliphatic carbocycles. The molecule has 1 aromatic carbocycles. The number of carbonyl (C=O) groups excluding carboxylic acids is 1. The van der Waals surface area contributed by atoms with Gasteiger partial charge in [-0.15, -0.1) is 0 Å². The second kappa shape index (κ2) is 8.63. The van der Waals surface area contributed by atoms with Crippen LogP contribution in [0.1, 0.15) is 31.2 Å². The van der Waals surface area contributed by atoms with E-state index < -0.39 is 0 Å². The number of methoxy groups -OCH3 is 1. The van der Waals surface area contributed by atoms with Crippen LogP contribution in [0.4, 0.5) is 0 Å². The molecule has 0 radical (unpaired) electrons. The number of likely N-dealkylation sites (N-methyl/N-ethyl adjacent to an activating group) is 1. The first-order chi connectivity index (χ1) is 13.0. The molecule has 0 bridgehead atoms. The molecule has 1 amide bonds. The van der Waals surface area contributed by atoms with Crippen LogP contribution in [0.25, 0.3) is 0 Å². The molecule has 148 valence electrons. The number of ether oxygens (including phenoxy) is 1. The number of aliphatic imine (C=N–C) groups is 1. The summed E-state index contributed by atoms with van der Waals surface area (Å²) in [4.78, 5) is 20.5.